The predicted octanol–water partition coefficient (Wildman–Crippen LogP) is 1.62. The van der Waals surface area contributed by atoms with Gasteiger partial charge in [0.2, 0.25) is 0 Å². The summed E-state index contributed by atoms with van der Waals surface area (Å²) < 4.78 is 9.02. The number of aromatic nitrogens is 4. The maximum atomic E-state index is 2.46. The van der Waals surface area contributed by atoms with E-state index in [-0.39, 0.29) is 0 Å². The molecule has 3 heterocycles. The smallest absolute Gasteiger partial charge is 0.386 e. The van der Waals surface area contributed by atoms with Gasteiger partial charge in [-0.3, -0.25) is 0 Å². The molecule has 6 heteroatoms. The lowest BCUT2D eigenvalue weighted by molar-refractivity contribution is -0.682. The molecule has 0 saturated carbocycles. The Morgan fingerprint density at radius 3 is 1.95 bits per heavy atom. The third kappa shape index (κ3) is 2.31. The van der Waals surface area contributed by atoms with Gasteiger partial charge < -0.3 is 8.96 Å². The van der Waals surface area contributed by atoms with Crippen LogP contribution in [0.5, 0.6) is 0 Å². The van der Waals surface area contributed by atoms with E-state index in [4.69, 9.17) is 0 Å². The maximum Gasteiger partial charge on any atom is 0.422 e. The monoisotopic (exact) mass is 313 g/mol. The Morgan fingerprint density at radius 1 is 1.00 bits per heavy atom. The first-order valence-electron chi connectivity index (χ1n) is 7.95. The fourth-order valence-corrected chi connectivity index (χ4v) is 6.16. The van der Waals surface area contributed by atoms with Gasteiger partial charge in [-0.05, 0) is 6.42 Å². The molecule has 0 aliphatic carbocycles. The van der Waals surface area contributed by atoms with Crippen LogP contribution in [-0.2, 0) is 14.1 Å². The van der Waals surface area contributed by atoms with Crippen LogP contribution in [0.4, 0.5) is 0 Å². The molecule has 0 amide bonds. The van der Waals surface area contributed by atoms with Crippen molar-refractivity contribution < 1.29 is 8.96 Å². The van der Waals surface area contributed by atoms with E-state index in [9.17, 15) is 0 Å². The zero-order chi connectivity index (χ0) is 16.0. The highest BCUT2D eigenvalue weighted by molar-refractivity contribution is 7.01. The summed E-state index contributed by atoms with van der Waals surface area (Å²) in [7, 11) is 2.71. The molecule has 0 saturated heterocycles. The van der Waals surface area contributed by atoms with Gasteiger partial charge in [0.25, 0.3) is 0 Å². The molecular formula is C16H26BN4Si+. The van der Waals surface area contributed by atoms with Crippen molar-refractivity contribution in [2.24, 2.45) is 14.1 Å². The van der Waals surface area contributed by atoms with Gasteiger partial charge in [-0.15, -0.1) is 17.2 Å². The predicted molar refractivity (Wildman–Crippen MR) is 93.0 cm³/mol. The van der Waals surface area contributed by atoms with E-state index < -0.39 is 14.5 Å². The number of hydrogen-bond donors (Lipinski definition) is 0. The van der Waals surface area contributed by atoms with E-state index in [1.54, 1.807) is 5.10 Å². The number of rotatable bonds is 3. The number of allylic oxidation sites excluding steroid dienone is 2. The van der Waals surface area contributed by atoms with Gasteiger partial charge in [-0.25, -0.2) is 9.13 Å². The van der Waals surface area contributed by atoms with Gasteiger partial charge in [0.05, 0.1) is 26.5 Å². The molecule has 22 heavy (non-hydrogen) atoms. The minimum Gasteiger partial charge on any atom is -0.386 e. The van der Waals surface area contributed by atoms with Crippen LogP contribution in [0.2, 0.25) is 19.6 Å². The zero-order valence-corrected chi connectivity index (χ0v) is 15.3. The van der Waals surface area contributed by atoms with Gasteiger partial charge in [0.1, 0.15) is 12.4 Å². The largest absolute Gasteiger partial charge is 0.422 e. The van der Waals surface area contributed by atoms with Crippen LogP contribution in [0.1, 0.15) is 6.42 Å². The second-order valence-corrected chi connectivity index (χ2v) is 12.5. The summed E-state index contributed by atoms with van der Waals surface area (Å²) in [4.78, 5) is 0. The molecule has 1 aliphatic heterocycles. The van der Waals surface area contributed by atoms with E-state index in [1.165, 1.54) is 0 Å². The third-order valence-electron chi connectivity index (χ3n) is 4.69. The van der Waals surface area contributed by atoms with Gasteiger partial charge in [-0.1, -0.05) is 19.6 Å². The van der Waals surface area contributed by atoms with E-state index in [2.05, 4.69) is 107 Å². The highest BCUT2D eigenvalue weighted by Crippen LogP contribution is 2.26. The Kier molecular flexibility index (Phi) is 3.51. The van der Waals surface area contributed by atoms with E-state index in [1.807, 2.05) is 0 Å². The molecule has 0 spiro atoms. The molecule has 4 nitrogen and oxygen atoms in total. The summed E-state index contributed by atoms with van der Waals surface area (Å²) in [5.41, 5.74) is 0. The van der Waals surface area contributed by atoms with Crippen molar-refractivity contribution in [2.45, 2.75) is 26.1 Å². The van der Waals surface area contributed by atoms with Gasteiger partial charge >= 0.3 is 6.42 Å². The summed E-state index contributed by atoms with van der Waals surface area (Å²) >= 11 is 0. The van der Waals surface area contributed by atoms with Crippen molar-refractivity contribution in [3.63, 3.8) is 0 Å². The molecular weight excluding hydrogens is 287 g/mol. The maximum absolute atomic E-state index is 2.46. The standard InChI is InChI=1S/C16H26BN4Si/c1-18-10-12-20(14-18)17(21-13-11-19(2)15-21)9-7-6-8-16(17)22(3,4)5/h7-15H,6H2,1-5H3/q+1. The van der Waals surface area contributed by atoms with Crippen LogP contribution >= 0.6 is 0 Å². The Morgan fingerprint density at radius 2 is 1.55 bits per heavy atom. The minimum absolute atomic E-state index is 1.05. The van der Waals surface area contributed by atoms with Crippen LogP contribution in [0.15, 0.2) is 60.7 Å². The summed E-state index contributed by atoms with van der Waals surface area (Å²) in [6.07, 6.45) is 17.8. The van der Waals surface area contributed by atoms with Crippen molar-refractivity contribution in [1.29, 1.82) is 0 Å². The van der Waals surface area contributed by atoms with E-state index in [0.29, 0.717) is 0 Å². The lowest BCUT2D eigenvalue weighted by Crippen LogP contribution is -2.83. The Balaban J connectivity index is 2.29. The van der Waals surface area contributed by atoms with Crippen LogP contribution < -0.4 is 8.96 Å². The third-order valence-corrected chi connectivity index (χ3v) is 7.05. The molecule has 0 atom stereocenters. The van der Waals surface area contributed by atoms with Crippen LogP contribution in [0.25, 0.3) is 0 Å². The summed E-state index contributed by atoms with van der Waals surface area (Å²) in [5.74, 6) is 2.42. The minimum atomic E-state index is -1.46. The van der Waals surface area contributed by atoms with Gasteiger partial charge in [-0.2, -0.15) is 5.98 Å². The van der Waals surface area contributed by atoms with Crippen molar-refractivity contribution in [2.75, 3.05) is 0 Å². The second kappa shape index (κ2) is 5.12. The highest BCUT2D eigenvalue weighted by atomic mass is 28.3. The first-order valence-corrected chi connectivity index (χ1v) is 11.5. The average Bonchev–Trinajstić information content (AvgIpc) is 3.07. The Bertz CT molecular complexity index is 708. The van der Waals surface area contributed by atoms with Crippen molar-refractivity contribution in [1.82, 2.24) is 9.13 Å². The average molecular weight is 313 g/mol. The molecule has 2 aromatic heterocycles. The van der Waals surface area contributed by atoms with Gasteiger partial charge in [0, 0.05) is 8.07 Å². The highest BCUT2D eigenvalue weighted by Gasteiger charge is 2.47. The summed E-state index contributed by atoms with van der Waals surface area (Å²) in [5, 5.41) is 1.61. The van der Waals surface area contributed by atoms with E-state index >= 15 is 0 Å². The van der Waals surface area contributed by atoms with Crippen molar-refractivity contribution in [3.05, 3.63) is 60.7 Å². The molecule has 3 rings (SSSR count). The number of hydrogen-bond acceptors (Lipinski definition) is 0. The summed E-state index contributed by atoms with van der Waals surface area (Å²) in [6, 6.07) is 0. The molecule has 0 N–H and O–H groups in total. The Labute approximate surface area is 134 Å². The molecule has 0 bridgehead atoms. The Hall–Kier alpha value is -1.82. The fraction of sp³-hybridized carbons (Fsp3) is 0.375. The van der Waals surface area contributed by atoms with Crippen LogP contribution in [0.3, 0.4) is 0 Å². The molecule has 0 fully saturated rings. The van der Waals surface area contributed by atoms with Crippen LogP contribution in [-0.4, -0.2) is 23.6 Å². The summed E-state index contributed by atoms with van der Waals surface area (Å²) in [6.45, 7) is 7.34. The number of imidazole rings is 2. The molecule has 2 aromatic rings. The first-order chi connectivity index (χ1) is 10.3. The molecule has 0 radical (unpaired) electrons. The van der Waals surface area contributed by atoms with E-state index in [0.717, 1.165) is 6.42 Å². The van der Waals surface area contributed by atoms with Gasteiger partial charge in [0.15, 0.2) is 12.7 Å². The lowest BCUT2D eigenvalue weighted by atomic mass is 9.43. The number of aryl methyl sites for hydroxylation is 2. The SMILES string of the molecule is Cn1cc[n+]([B-]2([n+]3ccn(C)c3)C=CCC=C2[Si](C)(C)C)c1. The number of nitrogens with zero attached hydrogens (tertiary/aromatic N) is 4. The van der Waals surface area contributed by atoms with Crippen molar-refractivity contribution in [3.8, 4) is 0 Å². The zero-order valence-electron chi connectivity index (χ0n) is 14.3. The molecule has 0 unspecified atom stereocenters. The quantitative estimate of drug-likeness (QED) is 0.767. The molecule has 0 aromatic carbocycles. The van der Waals surface area contributed by atoms with Crippen molar-refractivity contribution >= 4 is 14.5 Å². The first kappa shape index (κ1) is 15.1. The second-order valence-electron chi connectivity index (χ2n) is 7.46. The topological polar surface area (TPSA) is 17.6 Å². The molecule has 116 valence electrons. The lowest BCUT2D eigenvalue weighted by Gasteiger charge is -2.41. The van der Waals surface area contributed by atoms with Crippen LogP contribution in [0, 0.1) is 0 Å². The fourth-order valence-electron chi connectivity index (χ4n) is 3.76. The normalized spacial score (nSPS) is 17.6. The molecule has 1 aliphatic rings.